The summed E-state index contributed by atoms with van der Waals surface area (Å²) in [6.07, 6.45) is 7.53. The van der Waals surface area contributed by atoms with Crippen molar-refractivity contribution in [3.63, 3.8) is 0 Å². The standard InChI is InChI=1S/C10H18N4O2S/c11-8-4-2-1-3-5-9(8)14-17(15,16)10-6-12-7-13-10/h6-9,14H,1-5,11H2,(H,12,13). The van der Waals surface area contributed by atoms with Crippen LogP contribution < -0.4 is 10.5 Å². The molecule has 2 atom stereocenters. The number of imidazole rings is 1. The number of sulfonamides is 1. The summed E-state index contributed by atoms with van der Waals surface area (Å²) in [6, 6.07) is -0.277. The van der Waals surface area contributed by atoms with Gasteiger partial charge < -0.3 is 10.7 Å². The lowest BCUT2D eigenvalue weighted by Gasteiger charge is -2.21. The van der Waals surface area contributed by atoms with Gasteiger partial charge in [-0.15, -0.1) is 0 Å². The molecule has 0 radical (unpaired) electrons. The fourth-order valence-corrected chi connectivity index (χ4v) is 3.36. The summed E-state index contributed by atoms with van der Waals surface area (Å²) in [5.41, 5.74) is 5.99. The van der Waals surface area contributed by atoms with Crippen molar-refractivity contribution >= 4 is 10.0 Å². The molecule has 7 heteroatoms. The lowest BCUT2D eigenvalue weighted by atomic mass is 10.1. The quantitative estimate of drug-likeness (QED) is 0.681. The minimum atomic E-state index is -3.51. The Bertz CT molecular complexity index is 443. The van der Waals surface area contributed by atoms with Crippen molar-refractivity contribution in [1.82, 2.24) is 14.7 Å². The number of rotatable bonds is 3. The van der Waals surface area contributed by atoms with E-state index in [1.165, 1.54) is 12.5 Å². The first-order valence-electron chi connectivity index (χ1n) is 5.86. The van der Waals surface area contributed by atoms with Gasteiger partial charge in [0.15, 0.2) is 5.03 Å². The highest BCUT2D eigenvalue weighted by Gasteiger charge is 2.26. The smallest absolute Gasteiger partial charge is 0.257 e. The van der Waals surface area contributed by atoms with Gasteiger partial charge in [-0.25, -0.2) is 18.1 Å². The summed E-state index contributed by atoms with van der Waals surface area (Å²) in [4.78, 5) is 6.31. The average molecular weight is 258 g/mol. The highest BCUT2D eigenvalue weighted by atomic mass is 32.2. The van der Waals surface area contributed by atoms with Gasteiger partial charge in [-0.2, -0.15) is 0 Å². The molecule has 0 saturated heterocycles. The SMILES string of the molecule is NC1CCCCCC1NS(=O)(=O)c1cnc[nH]1. The van der Waals surface area contributed by atoms with E-state index in [9.17, 15) is 8.42 Å². The molecule has 0 aromatic carbocycles. The van der Waals surface area contributed by atoms with Crippen molar-refractivity contribution in [3.8, 4) is 0 Å². The van der Waals surface area contributed by atoms with Crippen LogP contribution in [-0.2, 0) is 10.0 Å². The molecule has 2 unspecified atom stereocenters. The van der Waals surface area contributed by atoms with E-state index >= 15 is 0 Å². The molecule has 1 heterocycles. The van der Waals surface area contributed by atoms with E-state index in [4.69, 9.17) is 5.73 Å². The van der Waals surface area contributed by atoms with Crippen LogP contribution in [0.15, 0.2) is 17.6 Å². The van der Waals surface area contributed by atoms with E-state index < -0.39 is 10.0 Å². The van der Waals surface area contributed by atoms with Crippen molar-refractivity contribution in [2.45, 2.75) is 49.2 Å². The maximum atomic E-state index is 12.0. The first-order valence-corrected chi connectivity index (χ1v) is 7.34. The zero-order valence-electron chi connectivity index (χ0n) is 9.59. The molecule has 4 N–H and O–H groups in total. The molecule has 1 aliphatic rings. The second-order valence-corrected chi connectivity index (χ2v) is 6.13. The van der Waals surface area contributed by atoms with E-state index in [-0.39, 0.29) is 17.1 Å². The van der Waals surface area contributed by atoms with Crippen LogP contribution in [0.1, 0.15) is 32.1 Å². The van der Waals surface area contributed by atoms with Crippen molar-refractivity contribution in [1.29, 1.82) is 0 Å². The molecule has 1 saturated carbocycles. The Hall–Kier alpha value is -0.920. The predicted octanol–water partition coefficient (Wildman–Crippen LogP) is 0.348. The molecule has 1 aliphatic carbocycles. The molecule has 17 heavy (non-hydrogen) atoms. The van der Waals surface area contributed by atoms with E-state index in [1.807, 2.05) is 0 Å². The maximum absolute atomic E-state index is 12.0. The summed E-state index contributed by atoms with van der Waals surface area (Å²) in [5.74, 6) is 0. The van der Waals surface area contributed by atoms with Crippen LogP contribution in [0.25, 0.3) is 0 Å². The summed E-state index contributed by atoms with van der Waals surface area (Å²) in [6.45, 7) is 0. The number of aromatic nitrogens is 2. The van der Waals surface area contributed by atoms with Gasteiger partial charge in [0.1, 0.15) is 0 Å². The summed E-state index contributed by atoms with van der Waals surface area (Å²) < 4.78 is 26.6. The van der Waals surface area contributed by atoms with Crippen LogP contribution in [-0.4, -0.2) is 30.5 Å². The molecular formula is C10H18N4O2S. The highest BCUT2D eigenvalue weighted by molar-refractivity contribution is 7.89. The van der Waals surface area contributed by atoms with E-state index in [2.05, 4.69) is 14.7 Å². The largest absolute Gasteiger partial charge is 0.335 e. The van der Waals surface area contributed by atoms with Gasteiger partial charge in [0.25, 0.3) is 10.0 Å². The second kappa shape index (κ2) is 5.16. The summed E-state index contributed by atoms with van der Waals surface area (Å²) >= 11 is 0. The molecule has 0 bridgehead atoms. The molecule has 0 aliphatic heterocycles. The number of hydrogen-bond acceptors (Lipinski definition) is 4. The molecule has 6 nitrogen and oxygen atoms in total. The molecule has 0 amide bonds. The first-order chi connectivity index (χ1) is 8.09. The third-order valence-electron chi connectivity index (χ3n) is 3.14. The molecule has 0 spiro atoms. The number of nitrogens with zero attached hydrogens (tertiary/aromatic N) is 1. The Kier molecular flexibility index (Phi) is 3.80. The molecule has 1 fully saturated rings. The summed E-state index contributed by atoms with van der Waals surface area (Å²) in [5, 5.41) is 0.0916. The van der Waals surface area contributed by atoms with Crippen LogP contribution in [0.2, 0.25) is 0 Å². The van der Waals surface area contributed by atoms with Crippen molar-refractivity contribution in [2.75, 3.05) is 0 Å². The molecular weight excluding hydrogens is 240 g/mol. The normalized spacial score (nSPS) is 26.6. The Balaban J connectivity index is 2.09. The zero-order chi connectivity index (χ0) is 12.3. The van der Waals surface area contributed by atoms with Gasteiger partial charge in [0.2, 0.25) is 0 Å². The van der Waals surface area contributed by atoms with Gasteiger partial charge in [0, 0.05) is 12.1 Å². The molecule has 2 rings (SSSR count). The van der Waals surface area contributed by atoms with Gasteiger partial charge in [0.05, 0.1) is 12.5 Å². The van der Waals surface area contributed by atoms with Crippen molar-refractivity contribution in [3.05, 3.63) is 12.5 Å². The maximum Gasteiger partial charge on any atom is 0.257 e. The first kappa shape index (κ1) is 12.5. The number of hydrogen-bond donors (Lipinski definition) is 3. The van der Waals surface area contributed by atoms with E-state index in [0.717, 1.165) is 32.1 Å². The summed E-state index contributed by atoms with van der Waals surface area (Å²) in [7, 11) is -3.51. The number of H-pyrrole nitrogens is 1. The number of aromatic amines is 1. The van der Waals surface area contributed by atoms with Gasteiger partial charge >= 0.3 is 0 Å². The van der Waals surface area contributed by atoms with Crippen LogP contribution in [0.4, 0.5) is 0 Å². The van der Waals surface area contributed by atoms with Crippen molar-refractivity contribution in [2.24, 2.45) is 5.73 Å². The van der Waals surface area contributed by atoms with Crippen LogP contribution in [0.5, 0.6) is 0 Å². The number of nitrogens with two attached hydrogens (primary N) is 1. The van der Waals surface area contributed by atoms with Crippen LogP contribution in [0, 0.1) is 0 Å². The Morgan fingerprint density at radius 2 is 2.12 bits per heavy atom. The second-order valence-electron chi connectivity index (χ2n) is 4.45. The third-order valence-corrected chi connectivity index (χ3v) is 4.55. The Morgan fingerprint density at radius 3 is 2.82 bits per heavy atom. The molecule has 96 valence electrons. The lowest BCUT2D eigenvalue weighted by Crippen LogP contribution is -2.46. The molecule has 1 aromatic heterocycles. The predicted molar refractivity (Wildman–Crippen MR) is 63.8 cm³/mol. The fraction of sp³-hybridized carbons (Fsp3) is 0.700. The highest BCUT2D eigenvalue weighted by Crippen LogP contribution is 2.18. The Morgan fingerprint density at radius 1 is 1.35 bits per heavy atom. The lowest BCUT2D eigenvalue weighted by molar-refractivity contribution is 0.455. The van der Waals surface area contributed by atoms with Gasteiger partial charge in [-0.1, -0.05) is 19.3 Å². The fourth-order valence-electron chi connectivity index (χ4n) is 2.14. The number of nitrogens with one attached hydrogen (secondary N) is 2. The third kappa shape index (κ3) is 3.05. The Labute approximate surface area is 101 Å². The average Bonchev–Trinajstić information content (AvgIpc) is 2.74. The van der Waals surface area contributed by atoms with Gasteiger partial charge in [-0.3, -0.25) is 0 Å². The molecule has 1 aromatic rings. The van der Waals surface area contributed by atoms with Crippen molar-refractivity contribution < 1.29 is 8.42 Å². The van der Waals surface area contributed by atoms with E-state index in [1.54, 1.807) is 0 Å². The van der Waals surface area contributed by atoms with Gasteiger partial charge in [-0.05, 0) is 12.8 Å². The van der Waals surface area contributed by atoms with Crippen LogP contribution >= 0.6 is 0 Å². The minimum absolute atomic E-state index is 0.0916. The zero-order valence-corrected chi connectivity index (χ0v) is 10.4. The van der Waals surface area contributed by atoms with E-state index in [0.29, 0.717) is 0 Å². The minimum Gasteiger partial charge on any atom is -0.335 e. The topological polar surface area (TPSA) is 101 Å². The monoisotopic (exact) mass is 258 g/mol. The van der Waals surface area contributed by atoms with Crippen LogP contribution in [0.3, 0.4) is 0 Å².